The molecule has 1 heterocycles. The van der Waals surface area contributed by atoms with E-state index in [9.17, 15) is 0 Å². The summed E-state index contributed by atoms with van der Waals surface area (Å²) in [5.74, 6) is 7.02. The predicted molar refractivity (Wildman–Crippen MR) is 82.0 cm³/mol. The van der Waals surface area contributed by atoms with Crippen LogP contribution in [0.15, 0.2) is 36.7 Å². The van der Waals surface area contributed by atoms with Crippen molar-refractivity contribution in [2.24, 2.45) is 5.84 Å². The molecule has 0 fully saturated rings. The van der Waals surface area contributed by atoms with E-state index in [1.54, 1.807) is 32.7 Å². The molecule has 6 heteroatoms. The lowest BCUT2D eigenvalue weighted by atomic mass is 9.99. The zero-order chi connectivity index (χ0) is 15.2. The van der Waals surface area contributed by atoms with Crippen molar-refractivity contribution in [3.63, 3.8) is 0 Å². The number of pyridine rings is 1. The van der Waals surface area contributed by atoms with E-state index in [4.69, 9.17) is 21.1 Å². The fourth-order valence-electron chi connectivity index (χ4n) is 2.17. The second kappa shape index (κ2) is 6.92. The Hall–Kier alpha value is -2.31. The van der Waals surface area contributed by atoms with Gasteiger partial charge in [0.15, 0.2) is 11.5 Å². The summed E-state index contributed by atoms with van der Waals surface area (Å²) < 4.78 is 10.6. The van der Waals surface area contributed by atoms with Crippen LogP contribution < -0.4 is 26.5 Å². The van der Waals surface area contributed by atoms with E-state index in [1.807, 2.05) is 18.2 Å². The molecular weight excluding hydrogens is 268 g/mol. The first-order valence-corrected chi connectivity index (χ1v) is 6.56. The molecule has 2 rings (SSSR count). The third kappa shape index (κ3) is 3.42. The second-order valence-corrected chi connectivity index (χ2v) is 4.61. The monoisotopic (exact) mass is 288 g/mol. The number of nitrogens with two attached hydrogens (primary N) is 2. The molecule has 112 valence electrons. The van der Waals surface area contributed by atoms with Gasteiger partial charge in [0.25, 0.3) is 0 Å². The van der Waals surface area contributed by atoms with Crippen LogP contribution in [0.3, 0.4) is 0 Å². The quantitative estimate of drug-likeness (QED) is 0.550. The average Bonchev–Trinajstić information content (AvgIpc) is 2.53. The van der Waals surface area contributed by atoms with Crippen LogP contribution in [0.5, 0.6) is 11.5 Å². The number of aromatic nitrogens is 1. The van der Waals surface area contributed by atoms with Crippen LogP contribution in [-0.2, 0) is 6.42 Å². The van der Waals surface area contributed by atoms with Crippen LogP contribution in [-0.4, -0.2) is 19.2 Å². The molecule has 0 saturated heterocycles. The fourth-order valence-corrected chi connectivity index (χ4v) is 2.17. The number of methoxy groups -OCH3 is 2. The molecule has 21 heavy (non-hydrogen) atoms. The minimum Gasteiger partial charge on any atom is -0.493 e. The van der Waals surface area contributed by atoms with Gasteiger partial charge in [-0.1, -0.05) is 6.07 Å². The molecule has 0 spiro atoms. The van der Waals surface area contributed by atoms with Crippen LogP contribution >= 0.6 is 0 Å². The summed E-state index contributed by atoms with van der Waals surface area (Å²) in [7, 11) is 3.21. The Morgan fingerprint density at radius 2 is 1.95 bits per heavy atom. The number of rotatable bonds is 6. The lowest BCUT2D eigenvalue weighted by Gasteiger charge is -2.19. The Kier molecular flexibility index (Phi) is 4.97. The topological polar surface area (TPSA) is 95.4 Å². The van der Waals surface area contributed by atoms with Gasteiger partial charge in [-0.05, 0) is 35.7 Å². The Balaban J connectivity index is 2.27. The molecule has 0 radical (unpaired) electrons. The minimum atomic E-state index is -0.101. The number of hydrogen-bond donors (Lipinski definition) is 3. The lowest BCUT2D eigenvalue weighted by Crippen LogP contribution is -2.29. The maximum Gasteiger partial charge on any atom is 0.161 e. The number of anilines is 1. The molecule has 0 aliphatic rings. The highest BCUT2D eigenvalue weighted by Gasteiger charge is 2.15. The smallest absolute Gasteiger partial charge is 0.161 e. The van der Waals surface area contributed by atoms with Gasteiger partial charge in [0, 0.05) is 18.1 Å². The number of hydrazine groups is 1. The van der Waals surface area contributed by atoms with Gasteiger partial charge < -0.3 is 15.2 Å². The molecule has 6 nitrogen and oxygen atoms in total. The molecule has 0 amide bonds. The number of nitrogens with zero attached hydrogens (tertiary/aromatic N) is 1. The molecule has 1 aromatic heterocycles. The van der Waals surface area contributed by atoms with Crippen LogP contribution in [0.2, 0.25) is 0 Å². The van der Waals surface area contributed by atoms with Crippen molar-refractivity contribution in [2.75, 3.05) is 20.0 Å². The Morgan fingerprint density at radius 1 is 1.19 bits per heavy atom. The van der Waals surface area contributed by atoms with Gasteiger partial charge in [-0.25, -0.2) is 0 Å². The highest BCUT2D eigenvalue weighted by molar-refractivity contribution is 5.47. The molecule has 5 N–H and O–H groups in total. The summed E-state index contributed by atoms with van der Waals surface area (Å²) in [5, 5.41) is 0. The van der Waals surface area contributed by atoms with E-state index >= 15 is 0 Å². The molecule has 2 aromatic rings. The Labute approximate surface area is 124 Å². The zero-order valence-electron chi connectivity index (χ0n) is 12.2. The standard InChI is InChI=1S/C15H20N4O2/c1-20-14-4-3-10(8-15(14)21-2)13(19-17)7-11-9-18-6-5-12(11)16/h3-6,8-9,13,19H,7,17H2,1-2H3,(H2,16,18). The fraction of sp³-hybridized carbons (Fsp3) is 0.267. The largest absolute Gasteiger partial charge is 0.493 e. The van der Waals surface area contributed by atoms with Crippen molar-refractivity contribution >= 4 is 5.69 Å². The van der Waals surface area contributed by atoms with Crippen molar-refractivity contribution < 1.29 is 9.47 Å². The zero-order valence-corrected chi connectivity index (χ0v) is 12.2. The molecule has 0 saturated carbocycles. The Bertz CT molecular complexity index is 604. The summed E-state index contributed by atoms with van der Waals surface area (Å²) in [6.45, 7) is 0. The lowest BCUT2D eigenvalue weighted by molar-refractivity contribution is 0.353. The maximum absolute atomic E-state index is 5.95. The highest BCUT2D eigenvalue weighted by Crippen LogP contribution is 2.31. The first-order valence-electron chi connectivity index (χ1n) is 6.56. The summed E-state index contributed by atoms with van der Waals surface area (Å²) in [4.78, 5) is 4.09. The third-order valence-electron chi connectivity index (χ3n) is 3.38. The molecule has 0 bridgehead atoms. The van der Waals surface area contributed by atoms with Crippen molar-refractivity contribution in [3.8, 4) is 11.5 Å². The van der Waals surface area contributed by atoms with Crippen LogP contribution in [0, 0.1) is 0 Å². The van der Waals surface area contributed by atoms with Crippen molar-refractivity contribution in [1.82, 2.24) is 10.4 Å². The summed E-state index contributed by atoms with van der Waals surface area (Å²) in [6.07, 6.45) is 4.05. The van der Waals surface area contributed by atoms with Gasteiger partial charge in [0.05, 0.1) is 20.3 Å². The van der Waals surface area contributed by atoms with Crippen LogP contribution in [0.25, 0.3) is 0 Å². The molecular formula is C15H20N4O2. The Morgan fingerprint density at radius 3 is 2.57 bits per heavy atom. The number of ether oxygens (including phenoxy) is 2. The van der Waals surface area contributed by atoms with Crippen molar-refractivity contribution in [1.29, 1.82) is 0 Å². The second-order valence-electron chi connectivity index (χ2n) is 4.61. The summed E-state index contributed by atoms with van der Waals surface area (Å²) in [5.41, 5.74) is 11.4. The van der Waals surface area contributed by atoms with Gasteiger partial charge in [0.1, 0.15) is 0 Å². The first kappa shape index (κ1) is 15.1. The highest BCUT2D eigenvalue weighted by atomic mass is 16.5. The number of nitrogens with one attached hydrogen (secondary N) is 1. The molecule has 1 aromatic carbocycles. The van der Waals surface area contributed by atoms with Crippen LogP contribution in [0.4, 0.5) is 5.69 Å². The van der Waals surface area contributed by atoms with E-state index in [1.165, 1.54) is 0 Å². The minimum absolute atomic E-state index is 0.101. The van der Waals surface area contributed by atoms with E-state index in [0.717, 1.165) is 11.1 Å². The van der Waals surface area contributed by atoms with Gasteiger partial charge in [-0.15, -0.1) is 0 Å². The summed E-state index contributed by atoms with van der Waals surface area (Å²) >= 11 is 0. The van der Waals surface area contributed by atoms with E-state index in [2.05, 4.69) is 10.4 Å². The molecule has 0 aliphatic heterocycles. The van der Waals surface area contributed by atoms with Crippen molar-refractivity contribution in [3.05, 3.63) is 47.8 Å². The number of nitrogen functional groups attached to an aromatic ring is 1. The van der Waals surface area contributed by atoms with Gasteiger partial charge in [-0.3, -0.25) is 16.3 Å². The number of benzene rings is 1. The maximum atomic E-state index is 5.95. The average molecular weight is 288 g/mol. The predicted octanol–water partition coefficient (Wildman–Crippen LogP) is 1.43. The first-order chi connectivity index (χ1) is 10.2. The molecule has 0 aliphatic carbocycles. The van der Waals surface area contributed by atoms with E-state index in [-0.39, 0.29) is 6.04 Å². The van der Waals surface area contributed by atoms with Gasteiger partial charge in [0.2, 0.25) is 0 Å². The van der Waals surface area contributed by atoms with E-state index in [0.29, 0.717) is 23.6 Å². The third-order valence-corrected chi connectivity index (χ3v) is 3.38. The van der Waals surface area contributed by atoms with Gasteiger partial charge in [-0.2, -0.15) is 0 Å². The van der Waals surface area contributed by atoms with Crippen LogP contribution in [0.1, 0.15) is 17.2 Å². The summed E-state index contributed by atoms with van der Waals surface area (Å²) in [6, 6.07) is 7.37. The SMILES string of the molecule is COc1ccc(C(Cc2cnccc2N)NN)cc1OC. The van der Waals surface area contributed by atoms with Gasteiger partial charge >= 0.3 is 0 Å². The molecule has 1 unspecified atom stereocenters. The molecule has 1 atom stereocenters. The van der Waals surface area contributed by atoms with E-state index < -0.39 is 0 Å². The number of hydrogen-bond acceptors (Lipinski definition) is 6. The van der Waals surface area contributed by atoms with Crippen molar-refractivity contribution in [2.45, 2.75) is 12.5 Å². The normalized spacial score (nSPS) is 12.0.